The maximum absolute atomic E-state index is 13.0. The minimum Gasteiger partial charge on any atom is -0.455 e. The summed E-state index contributed by atoms with van der Waals surface area (Å²) in [6, 6.07) is 10.8. The molecule has 2 rings (SSSR count). The Morgan fingerprint density at radius 2 is 1.94 bits per heavy atom. The van der Waals surface area contributed by atoms with Crippen molar-refractivity contribution in [1.29, 1.82) is 0 Å². The Bertz CT molecular complexity index is 516. The summed E-state index contributed by atoms with van der Waals surface area (Å²) in [6.45, 7) is 0. The minimum atomic E-state index is -0.397. The van der Waals surface area contributed by atoms with E-state index in [0.29, 0.717) is 16.5 Å². The third kappa shape index (κ3) is 2.44. The highest BCUT2D eigenvalue weighted by molar-refractivity contribution is 6.30. The molecule has 2 aromatic carbocycles. The molecule has 0 amide bonds. The van der Waals surface area contributed by atoms with Crippen LogP contribution in [0.15, 0.2) is 42.5 Å². The summed E-state index contributed by atoms with van der Waals surface area (Å²) >= 11 is 5.80. The van der Waals surface area contributed by atoms with Gasteiger partial charge in [-0.2, -0.15) is 0 Å². The molecule has 2 nitrogen and oxygen atoms in total. The molecule has 0 saturated carbocycles. The summed E-state index contributed by atoms with van der Waals surface area (Å²) < 4.78 is 18.4. The minimum absolute atomic E-state index is 0.280. The second-order valence-corrected chi connectivity index (χ2v) is 3.68. The van der Waals surface area contributed by atoms with E-state index in [4.69, 9.17) is 22.1 Å². The standard InChI is InChI=1S/C12H9ClFNO/c13-8-2-1-3-10(6-8)16-12-7-9(14)4-5-11(12)15/h1-7H,15H2. The van der Waals surface area contributed by atoms with Crippen LogP contribution in [0, 0.1) is 5.82 Å². The first-order chi connectivity index (χ1) is 7.65. The first-order valence-corrected chi connectivity index (χ1v) is 5.01. The monoisotopic (exact) mass is 237 g/mol. The summed E-state index contributed by atoms with van der Waals surface area (Å²) in [5, 5.41) is 0.549. The summed E-state index contributed by atoms with van der Waals surface area (Å²) in [7, 11) is 0. The fourth-order valence-corrected chi connectivity index (χ4v) is 1.43. The molecule has 0 aliphatic heterocycles. The zero-order chi connectivity index (χ0) is 11.5. The van der Waals surface area contributed by atoms with Gasteiger partial charge in [0.25, 0.3) is 0 Å². The van der Waals surface area contributed by atoms with Gasteiger partial charge in [-0.25, -0.2) is 4.39 Å². The van der Waals surface area contributed by atoms with Gasteiger partial charge in [0.2, 0.25) is 0 Å². The van der Waals surface area contributed by atoms with E-state index in [-0.39, 0.29) is 5.75 Å². The molecule has 0 saturated heterocycles. The maximum atomic E-state index is 13.0. The molecule has 16 heavy (non-hydrogen) atoms. The van der Waals surface area contributed by atoms with Crippen molar-refractivity contribution in [2.24, 2.45) is 0 Å². The molecule has 0 aliphatic carbocycles. The molecule has 0 unspecified atom stereocenters. The van der Waals surface area contributed by atoms with Crippen LogP contribution in [0.4, 0.5) is 10.1 Å². The molecule has 0 atom stereocenters. The summed E-state index contributed by atoms with van der Waals surface area (Å²) in [4.78, 5) is 0. The lowest BCUT2D eigenvalue weighted by Crippen LogP contribution is -1.92. The van der Waals surface area contributed by atoms with Crippen LogP contribution in [-0.2, 0) is 0 Å². The number of hydrogen-bond donors (Lipinski definition) is 1. The average Bonchev–Trinajstić information content (AvgIpc) is 2.24. The molecule has 0 spiro atoms. The van der Waals surface area contributed by atoms with Gasteiger partial charge in [0, 0.05) is 11.1 Å². The third-order valence-electron chi connectivity index (χ3n) is 2.00. The van der Waals surface area contributed by atoms with Crippen LogP contribution in [0.25, 0.3) is 0 Å². The number of rotatable bonds is 2. The number of nitrogens with two attached hydrogens (primary N) is 1. The van der Waals surface area contributed by atoms with Gasteiger partial charge in [0.05, 0.1) is 5.69 Å². The molecule has 0 radical (unpaired) electrons. The zero-order valence-electron chi connectivity index (χ0n) is 8.28. The lowest BCUT2D eigenvalue weighted by molar-refractivity contribution is 0.479. The van der Waals surface area contributed by atoms with E-state index < -0.39 is 5.82 Å². The van der Waals surface area contributed by atoms with Crippen molar-refractivity contribution >= 4 is 17.3 Å². The molecular formula is C12H9ClFNO. The molecule has 2 N–H and O–H groups in total. The van der Waals surface area contributed by atoms with E-state index in [0.717, 1.165) is 0 Å². The fraction of sp³-hybridized carbons (Fsp3) is 0. The fourth-order valence-electron chi connectivity index (χ4n) is 1.25. The molecule has 0 heterocycles. The highest BCUT2D eigenvalue weighted by Crippen LogP contribution is 2.29. The molecule has 82 valence electrons. The van der Waals surface area contributed by atoms with Gasteiger partial charge < -0.3 is 10.5 Å². The van der Waals surface area contributed by atoms with Crippen molar-refractivity contribution in [1.82, 2.24) is 0 Å². The molecule has 0 aliphatic rings. The van der Waals surface area contributed by atoms with Crippen molar-refractivity contribution in [2.75, 3.05) is 5.73 Å². The van der Waals surface area contributed by atoms with E-state index in [9.17, 15) is 4.39 Å². The van der Waals surface area contributed by atoms with E-state index >= 15 is 0 Å². The second kappa shape index (κ2) is 4.41. The lowest BCUT2D eigenvalue weighted by Gasteiger charge is -2.08. The SMILES string of the molecule is Nc1ccc(F)cc1Oc1cccc(Cl)c1. The number of nitrogen functional groups attached to an aromatic ring is 1. The van der Waals surface area contributed by atoms with Crippen molar-refractivity contribution in [3.63, 3.8) is 0 Å². The Morgan fingerprint density at radius 1 is 1.12 bits per heavy atom. The van der Waals surface area contributed by atoms with Gasteiger partial charge in [-0.15, -0.1) is 0 Å². The van der Waals surface area contributed by atoms with Crippen LogP contribution in [0.5, 0.6) is 11.5 Å². The number of ether oxygens (including phenoxy) is 1. The van der Waals surface area contributed by atoms with Gasteiger partial charge in [0.15, 0.2) is 5.75 Å². The van der Waals surface area contributed by atoms with Crippen LogP contribution < -0.4 is 10.5 Å². The zero-order valence-corrected chi connectivity index (χ0v) is 9.04. The Morgan fingerprint density at radius 3 is 2.69 bits per heavy atom. The van der Waals surface area contributed by atoms with Crippen LogP contribution in [0.2, 0.25) is 5.02 Å². The van der Waals surface area contributed by atoms with Gasteiger partial charge in [-0.1, -0.05) is 17.7 Å². The molecule has 0 aromatic heterocycles. The van der Waals surface area contributed by atoms with Crippen molar-refractivity contribution < 1.29 is 9.13 Å². The Hall–Kier alpha value is -1.74. The van der Waals surface area contributed by atoms with Gasteiger partial charge >= 0.3 is 0 Å². The third-order valence-corrected chi connectivity index (χ3v) is 2.23. The van der Waals surface area contributed by atoms with Crippen LogP contribution >= 0.6 is 11.6 Å². The topological polar surface area (TPSA) is 35.2 Å². The van der Waals surface area contributed by atoms with E-state index in [1.807, 2.05) is 0 Å². The highest BCUT2D eigenvalue weighted by Gasteiger charge is 2.04. The maximum Gasteiger partial charge on any atom is 0.153 e. The van der Waals surface area contributed by atoms with Crippen molar-refractivity contribution in [3.05, 3.63) is 53.3 Å². The first-order valence-electron chi connectivity index (χ1n) is 4.63. The van der Waals surface area contributed by atoms with Crippen molar-refractivity contribution in [2.45, 2.75) is 0 Å². The summed E-state index contributed by atoms with van der Waals surface area (Å²) in [6.07, 6.45) is 0. The molecule has 2 aromatic rings. The molecule has 0 fully saturated rings. The number of anilines is 1. The van der Waals surface area contributed by atoms with Gasteiger partial charge in [0.1, 0.15) is 11.6 Å². The Balaban J connectivity index is 2.30. The van der Waals surface area contributed by atoms with Gasteiger partial charge in [-0.05, 0) is 30.3 Å². The number of halogens is 2. The normalized spacial score (nSPS) is 10.1. The van der Waals surface area contributed by atoms with Crippen LogP contribution in [0.3, 0.4) is 0 Å². The Kier molecular flexibility index (Phi) is 2.97. The van der Waals surface area contributed by atoms with Crippen LogP contribution in [0.1, 0.15) is 0 Å². The Labute approximate surface area is 97.4 Å². The highest BCUT2D eigenvalue weighted by atomic mass is 35.5. The van der Waals surface area contributed by atoms with E-state index in [1.54, 1.807) is 24.3 Å². The van der Waals surface area contributed by atoms with Crippen molar-refractivity contribution in [3.8, 4) is 11.5 Å². The predicted octanol–water partition coefficient (Wildman–Crippen LogP) is 3.85. The predicted molar refractivity (Wildman–Crippen MR) is 62.3 cm³/mol. The number of hydrogen-bond acceptors (Lipinski definition) is 2. The van der Waals surface area contributed by atoms with E-state index in [1.165, 1.54) is 18.2 Å². The molecule has 4 heteroatoms. The first kappa shape index (κ1) is 10.8. The summed E-state index contributed by atoms with van der Waals surface area (Å²) in [5.41, 5.74) is 6.03. The smallest absolute Gasteiger partial charge is 0.153 e. The number of benzene rings is 2. The molecule has 0 bridgehead atoms. The van der Waals surface area contributed by atoms with Gasteiger partial charge in [-0.3, -0.25) is 0 Å². The second-order valence-electron chi connectivity index (χ2n) is 3.24. The molecular weight excluding hydrogens is 229 g/mol. The van der Waals surface area contributed by atoms with Crippen LogP contribution in [-0.4, -0.2) is 0 Å². The summed E-state index contributed by atoms with van der Waals surface area (Å²) in [5.74, 6) is 0.401. The largest absolute Gasteiger partial charge is 0.455 e. The quantitative estimate of drug-likeness (QED) is 0.805. The average molecular weight is 238 g/mol. The lowest BCUT2D eigenvalue weighted by atomic mass is 10.3. The van der Waals surface area contributed by atoms with E-state index in [2.05, 4.69) is 0 Å².